The van der Waals surface area contributed by atoms with E-state index in [2.05, 4.69) is 31.1 Å². The SMILES string of the molecule is CC(C)N(C)CCCNc1ccccc1S(C)(=O)=O. The van der Waals surface area contributed by atoms with Gasteiger partial charge in [-0.2, -0.15) is 0 Å². The molecule has 0 aromatic heterocycles. The van der Waals surface area contributed by atoms with Crippen LogP contribution >= 0.6 is 0 Å². The number of para-hydroxylation sites is 1. The summed E-state index contributed by atoms with van der Waals surface area (Å²) in [6, 6.07) is 7.56. The normalized spacial score (nSPS) is 12.1. The molecule has 0 saturated heterocycles. The van der Waals surface area contributed by atoms with Gasteiger partial charge in [0.2, 0.25) is 0 Å². The maximum Gasteiger partial charge on any atom is 0.177 e. The number of rotatable bonds is 7. The topological polar surface area (TPSA) is 49.4 Å². The highest BCUT2D eigenvalue weighted by atomic mass is 32.2. The Kier molecular flexibility index (Phi) is 5.82. The second-order valence-electron chi connectivity index (χ2n) is 5.12. The Bertz CT molecular complexity index is 498. The monoisotopic (exact) mass is 284 g/mol. The van der Waals surface area contributed by atoms with E-state index < -0.39 is 9.84 Å². The zero-order chi connectivity index (χ0) is 14.5. The number of sulfone groups is 1. The summed E-state index contributed by atoms with van der Waals surface area (Å²) in [6.45, 7) is 6.08. The Labute approximate surface area is 116 Å². The van der Waals surface area contributed by atoms with E-state index in [0.717, 1.165) is 19.5 Å². The van der Waals surface area contributed by atoms with E-state index in [1.807, 2.05) is 12.1 Å². The van der Waals surface area contributed by atoms with Gasteiger partial charge in [-0.25, -0.2) is 8.42 Å². The van der Waals surface area contributed by atoms with Crippen molar-refractivity contribution < 1.29 is 8.42 Å². The predicted octanol–water partition coefficient (Wildman–Crippen LogP) is 2.23. The van der Waals surface area contributed by atoms with Crippen LogP contribution < -0.4 is 5.32 Å². The van der Waals surface area contributed by atoms with E-state index in [1.165, 1.54) is 6.26 Å². The van der Waals surface area contributed by atoms with E-state index in [1.54, 1.807) is 12.1 Å². The van der Waals surface area contributed by atoms with E-state index in [9.17, 15) is 8.42 Å². The molecule has 0 aliphatic carbocycles. The van der Waals surface area contributed by atoms with E-state index in [-0.39, 0.29) is 0 Å². The first kappa shape index (κ1) is 16.0. The fraction of sp³-hybridized carbons (Fsp3) is 0.571. The minimum absolute atomic E-state index is 0.368. The fourth-order valence-corrected chi connectivity index (χ4v) is 2.61. The van der Waals surface area contributed by atoms with Crippen LogP contribution in [0.25, 0.3) is 0 Å². The zero-order valence-corrected chi connectivity index (χ0v) is 13.0. The molecule has 0 aliphatic rings. The van der Waals surface area contributed by atoms with Crippen LogP contribution in [0.3, 0.4) is 0 Å². The van der Waals surface area contributed by atoms with Gasteiger partial charge in [0.1, 0.15) is 0 Å². The minimum atomic E-state index is -3.17. The first-order valence-corrected chi connectivity index (χ1v) is 8.44. The molecule has 1 rings (SSSR count). The Morgan fingerprint density at radius 1 is 1.26 bits per heavy atom. The highest BCUT2D eigenvalue weighted by Crippen LogP contribution is 2.20. The van der Waals surface area contributed by atoms with E-state index in [4.69, 9.17) is 0 Å². The molecule has 0 spiro atoms. The molecule has 0 amide bonds. The minimum Gasteiger partial charge on any atom is -0.384 e. The molecule has 0 fully saturated rings. The van der Waals surface area contributed by atoms with Crippen LogP contribution in [0.5, 0.6) is 0 Å². The van der Waals surface area contributed by atoms with Crippen LogP contribution in [-0.2, 0) is 9.84 Å². The number of benzene rings is 1. The number of nitrogens with zero attached hydrogens (tertiary/aromatic N) is 1. The average Bonchev–Trinajstić information content (AvgIpc) is 2.33. The molecule has 4 nitrogen and oxygen atoms in total. The summed E-state index contributed by atoms with van der Waals surface area (Å²) >= 11 is 0. The first-order valence-electron chi connectivity index (χ1n) is 6.55. The van der Waals surface area contributed by atoms with Crippen molar-refractivity contribution in [3.8, 4) is 0 Å². The molecule has 0 bridgehead atoms. The van der Waals surface area contributed by atoms with Crippen molar-refractivity contribution in [2.75, 3.05) is 31.7 Å². The van der Waals surface area contributed by atoms with Crippen LogP contribution in [0.4, 0.5) is 5.69 Å². The Hall–Kier alpha value is -1.07. The van der Waals surface area contributed by atoms with Crippen molar-refractivity contribution in [2.45, 2.75) is 31.2 Å². The zero-order valence-electron chi connectivity index (χ0n) is 12.2. The van der Waals surface area contributed by atoms with E-state index in [0.29, 0.717) is 16.6 Å². The molecular formula is C14H24N2O2S. The predicted molar refractivity (Wildman–Crippen MR) is 80.4 cm³/mol. The van der Waals surface area contributed by atoms with Gasteiger partial charge in [0, 0.05) is 18.8 Å². The van der Waals surface area contributed by atoms with Gasteiger partial charge in [-0.1, -0.05) is 12.1 Å². The lowest BCUT2D eigenvalue weighted by Crippen LogP contribution is -2.28. The molecular weight excluding hydrogens is 260 g/mol. The summed E-state index contributed by atoms with van der Waals surface area (Å²) in [5.41, 5.74) is 0.692. The number of nitrogens with one attached hydrogen (secondary N) is 1. The molecule has 19 heavy (non-hydrogen) atoms. The van der Waals surface area contributed by atoms with Crippen molar-refractivity contribution in [2.24, 2.45) is 0 Å². The van der Waals surface area contributed by atoms with Crippen molar-refractivity contribution in [3.63, 3.8) is 0 Å². The van der Waals surface area contributed by atoms with Crippen LogP contribution in [0.2, 0.25) is 0 Å². The van der Waals surface area contributed by atoms with Crippen molar-refractivity contribution in [1.82, 2.24) is 4.90 Å². The van der Waals surface area contributed by atoms with Crippen molar-refractivity contribution >= 4 is 15.5 Å². The number of hydrogen-bond donors (Lipinski definition) is 1. The molecule has 108 valence electrons. The van der Waals surface area contributed by atoms with Gasteiger partial charge in [-0.05, 0) is 46.0 Å². The summed E-state index contributed by atoms with van der Waals surface area (Å²) in [4.78, 5) is 2.64. The summed E-state index contributed by atoms with van der Waals surface area (Å²) in [6.07, 6.45) is 2.22. The second-order valence-corrected chi connectivity index (χ2v) is 7.11. The molecule has 1 aromatic rings. The Morgan fingerprint density at radius 2 is 1.89 bits per heavy atom. The van der Waals surface area contributed by atoms with Crippen LogP contribution in [-0.4, -0.2) is 45.8 Å². The highest BCUT2D eigenvalue weighted by molar-refractivity contribution is 7.90. The highest BCUT2D eigenvalue weighted by Gasteiger charge is 2.11. The van der Waals surface area contributed by atoms with Gasteiger partial charge < -0.3 is 10.2 Å². The smallest absolute Gasteiger partial charge is 0.177 e. The van der Waals surface area contributed by atoms with E-state index >= 15 is 0 Å². The van der Waals surface area contributed by atoms with Crippen molar-refractivity contribution in [1.29, 1.82) is 0 Å². The fourth-order valence-electron chi connectivity index (χ4n) is 1.75. The third kappa shape index (κ3) is 5.20. The lowest BCUT2D eigenvalue weighted by molar-refractivity contribution is 0.273. The van der Waals surface area contributed by atoms with Gasteiger partial charge in [0.25, 0.3) is 0 Å². The standard InChI is InChI=1S/C14H24N2O2S/c1-12(2)16(3)11-7-10-15-13-8-5-6-9-14(13)19(4,17)18/h5-6,8-9,12,15H,7,10-11H2,1-4H3. The lowest BCUT2D eigenvalue weighted by Gasteiger charge is -2.21. The van der Waals surface area contributed by atoms with Gasteiger partial charge in [0.05, 0.1) is 10.6 Å². The number of anilines is 1. The largest absolute Gasteiger partial charge is 0.384 e. The molecule has 0 heterocycles. The average molecular weight is 284 g/mol. The molecule has 5 heteroatoms. The maximum absolute atomic E-state index is 11.6. The lowest BCUT2D eigenvalue weighted by atomic mass is 10.3. The molecule has 0 aliphatic heterocycles. The van der Waals surface area contributed by atoms with Crippen LogP contribution in [0.1, 0.15) is 20.3 Å². The summed E-state index contributed by atoms with van der Waals surface area (Å²) < 4.78 is 23.3. The molecule has 0 radical (unpaired) electrons. The summed E-state index contributed by atoms with van der Waals surface area (Å²) in [5.74, 6) is 0. The van der Waals surface area contributed by atoms with Crippen LogP contribution in [0.15, 0.2) is 29.2 Å². The molecule has 1 aromatic carbocycles. The van der Waals surface area contributed by atoms with Gasteiger partial charge in [0.15, 0.2) is 9.84 Å². The van der Waals surface area contributed by atoms with Crippen molar-refractivity contribution in [3.05, 3.63) is 24.3 Å². The van der Waals surface area contributed by atoms with Gasteiger partial charge in [-0.3, -0.25) is 0 Å². The first-order chi connectivity index (χ1) is 8.82. The third-order valence-electron chi connectivity index (χ3n) is 3.17. The third-order valence-corrected chi connectivity index (χ3v) is 4.33. The summed E-state index contributed by atoms with van der Waals surface area (Å²) in [7, 11) is -1.08. The molecule has 0 atom stereocenters. The Morgan fingerprint density at radius 3 is 2.47 bits per heavy atom. The van der Waals surface area contributed by atoms with Gasteiger partial charge in [-0.15, -0.1) is 0 Å². The summed E-state index contributed by atoms with van der Waals surface area (Å²) in [5, 5.41) is 3.21. The van der Waals surface area contributed by atoms with Crippen LogP contribution in [0, 0.1) is 0 Å². The quantitative estimate of drug-likeness (QED) is 0.780. The Balaban J connectivity index is 2.55. The molecule has 0 saturated carbocycles. The molecule has 1 N–H and O–H groups in total. The van der Waals surface area contributed by atoms with Gasteiger partial charge >= 0.3 is 0 Å². The molecule has 0 unspecified atom stereocenters. The maximum atomic E-state index is 11.6. The number of hydrogen-bond acceptors (Lipinski definition) is 4. The second kappa shape index (κ2) is 6.91.